The molecule has 1 aromatic rings. The Morgan fingerprint density at radius 3 is 2.65 bits per heavy atom. The van der Waals surface area contributed by atoms with E-state index in [-0.39, 0.29) is 17.8 Å². The lowest BCUT2D eigenvalue weighted by Crippen LogP contribution is -2.51. The molecule has 0 saturated heterocycles. The SMILES string of the molecule is CCC(CC)(C(=O)NC(C)Cc1cccs1)C(N)=NO. The van der Waals surface area contributed by atoms with Gasteiger partial charge in [0.2, 0.25) is 5.91 Å². The fourth-order valence-electron chi connectivity index (χ4n) is 2.29. The second kappa shape index (κ2) is 7.28. The number of amides is 1. The molecule has 0 aliphatic heterocycles. The monoisotopic (exact) mass is 297 g/mol. The second-order valence-corrected chi connectivity index (χ2v) is 5.96. The first-order valence-corrected chi connectivity index (χ1v) is 7.69. The predicted octanol–water partition coefficient (Wildman–Crippen LogP) is 2.35. The Labute approximate surface area is 123 Å². The van der Waals surface area contributed by atoms with E-state index in [1.54, 1.807) is 11.3 Å². The quantitative estimate of drug-likeness (QED) is 0.312. The summed E-state index contributed by atoms with van der Waals surface area (Å²) >= 11 is 1.67. The third-order valence-corrected chi connectivity index (χ3v) is 4.60. The molecular formula is C14H23N3O2S. The first kappa shape index (κ1) is 16.5. The summed E-state index contributed by atoms with van der Waals surface area (Å²) in [6.07, 6.45) is 1.77. The van der Waals surface area contributed by atoms with E-state index in [0.29, 0.717) is 12.8 Å². The minimum absolute atomic E-state index is 0.00474. The lowest BCUT2D eigenvalue weighted by atomic mass is 9.80. The van der Waals surface area contributed by atoms with Crippen molar-refractivity contribution in [2.45, 2.75) is 46.1 Å². The molecule has 1 aromatic heterocycles. The van der Waals surface area contributed by atoms with Crippen molar-refractivity contribution in [3.05, 3.63) is 22.4 Å². The summed E-state index contributed by atoms with van der Waals surface area (Å²) in [5, 5.41) is 16.9. The first-order valence-electron chi connectivity index (χ1n) is 6.81. The van der Waals surface area contributed by atoms with Crippen LogP contribution in [0.5, 0.6) is 0 Å². The maximum Gasteiger partial charge on any atom is 0.234 e. The zero-order valence-corrected chi connectivity index (χ0v) is 13.0. The Morgan fingerprint density at radius 2 is 2.20 bits per heavy atom. The van der Waals surface area contributed by atoms with E-state index in [0.717, 1.165) is 6.42 Å². The number of nitrogens with zero attached hydrogens (tertiary/aromatic N) is 1. The number of oxime groups is 1. The van der Waals surface area contributed by atoms with E-state index >= 15 is 0 Å². The molecule has 112 valence electrons. The summed E-state index contributed by atoms with van der Waals surface area (Å²) < 4.78 is 0. The fourth-order valence-corrected chi connectivity index (χ4v) is 3.12. The number of hydrogen-bond acceptors (Lipinski definition) is 4. The van der Waals surface area contributed by atoms with Crippen LogP contribution in [0.15, 0.2) is 22.7 Å². The molecule has 0 fully saturated rings. The van der Waals surface area contributed by atoms with Gasteiger partial charge in [-0.05, 0) is 31.2 Å². The Hall–Kier alpha value is -1.56. The van der Waals surface area contributed by atoms with Crippen molar-refractivity contribution in [1.29, 1.82) is 0 Å². The largest absolute Gasteiger partial charge is 0.409 e. The van der Waals surface area contributed by atoms with E-state index in [9.17, 15) is 4.79 Å². The highest BCUT2D eigenvalue weighted by Gasteiger charge is 2.40. The minimum atomic E-state index is -0.932. The molecule has 0 saturated carbocycles. The van der Waals surface area contributed by atoms with Crippen molar-refractivity contribution in [3.63, 3.8) is 0 Å². The molecule has 6 heteroatoms. The maximum atomic E-state index is 12.5. The number of carbonyl (C=O) groups excluding carboxylic acids is 1. The molecule has 0 aliphatic rings. The standard InChI is InChI=1S/C14H23N3O2S/c1-4-14(5-2,12(15)17-19)13(18)16-10(3)9-11-7-6-8-20-11/h6-8,10,19H,4-5,9H2,1-3H3,(H2,15,17)(H,16,18). The van der Waals surface area contributed by atoms with Crippen molar-refractivity contribution in [2.24, 2.45) is 16.3 Å². The molecule has 0 aromatic carbocycles. The van der Waals surface area contributed by atoms with Crippen LogP contribution < -0.4 is 11.1 Å². The van der Waals surface area contributed by atoms with Gasteiger partial charge in [-0.15, -0.1) is 11.3 Å². The van der Waals surface area contributed by atoms with Crippen LogP contribution in [0.3, 0.4) is 0 Å². The number of thiophene rings is 1. The molecule has 1 rings (SSSR count). The van der Waals surface area contributed by atoms with Gasteiger partial charge in [0, 0.05) is 17.3 Å². The average molecular weight is 297 g/mol. The predicted molar refractivity (Wildman–Crippen MR) is 82.1 cm³/mol. The molecule has 0 radical (unpaired) electrons. The Balaban J connectivity index is 2.76. The zero-order valence-electron chi connectivity index (χ0n) is 12.2. The van der Waals surface area contributed by atoms with Crippen LogP contribution in [0.25, 0.3) is 0 Å². The van der Waals surface area contributed by atoms with Gasteiger partial charge in [-0.2, -0.15) is 0 Å². The lowest BCUT2D eigenvalue weighted by Gasteiger charge is -2.30. The second-order valence-electron chi connectivity index (χ2n) is 4.93. The van der Waals surface area contributed by atoms with Gasteiger partial charge in [-0.1, -0.05) is 25.1 Å². The number of carbonyl (C=O) groups is 1. The van der Waals surface area contributed by atoms with Gasteiger partial charge in [-0.3, -0.25) is 4.79 Å². The smallest absolute Gasteiger partial charge is 0.234 e. The van der Waals surface area contributed by atoms with Crippen LogP contribution >= 0.6 is 11.3 Å². The molecule has 0 spiro atoms. The molecule has 0 aliphatic carbocycles. The Kier molecular flexibility index (Phi) is 6.01. The third kappa shape index (κ3) is 3.50. The van der Waals surface area contributed by atoms with E-state index in [1.165, 1.54) is 4.88 Å². The highest BCUT2D eigenvalue weighted by atomic mass is 32.1. The molecule has 1 amide bonds. The van der Waals surface area contributed by atoms with E-state index < -0.39 is 5.41 Å². The molecule has 4 N–H and O–H groups in total. The van der Waals surface area contributed by atoms with Crippen LogP contribution in [0.2, 0.25) is 0 Å². The third-order valence-electron chi connectivity index (χ3n) is 3.70. The van der Waals surface area contributed by atoms with Crippen molar-refractivity contribution in [1.82, 2.24) is 5.32 Å². The minimum Gasteiger partial charge on any atom is -0.409 e. The van der Waals surface area contributed by atoms with Crippen molar-refractivity contribution in [3.8, 4) is 0 Å². The summed E-state index contributed by atoms with van der Waals surface area (Å²) in [6, 6.07) is 4.04. The van der Waals surface area contributed by atoms with Crippen molar-refractivity contribution in [2.75, 3.05) is 0 Å². The Bertz CT molecular complexity index is 453. The fraction of sp³-hybridized carbons (Fsp3) is 0.571. The Morgan fingerprint density at radius 1 is 1.55 bits per heavy atom. The van der Waals surface area contributed by atoms with Crippen LogP contribution in [0, 0.1) is 5.41 Å². The zero-order chi connectivity index (χ0) is 15.2. The number of hydrogen-bond donors (Lipinski definition) is 3. The molecule has 20 heavy (non-hydrogen) atoms. The van der Waals surface area contributed by atoms with Crippen LogP contribution in [-0.4, -0.2) is 23.0 Å². The van der Waals surface area contributed by atoms with Crippen molar-refractivity contribution < 1.29 is 10.0 Å². The number of rotatable bonds is 7. The normalized spacial score (nSPS) is 14.1. The molecule has 1 heterocycles. The van der Waals surface area contributed by atoms with E-state index in [2.05, 4.69) is 10.5 Å². The van der Waals surface area contributed by atoms with Crippen LogP contribution in [-0.2, 0) is 11.2 Å². The lowest BCUT2D eigenvalue weighted by molar-refractivity contribution is -0.128. The van der Waals surface area contributed by atoms with Crippen molar-refractivity contribution >= 4 is 23.1 Å². The van der Waals surface area contributed by atoms with Crippen LogP contribution in [0.1, 0.15) is 38.5 Å². The highest BCUT2D eigenvalue weighted by Crippen LogP contribution is 2.27. The van der Waals surface area contributed by atoms with Crippen LogP contribution in [0.4, 0.5) is 0 Å². The number of amidine groups is 1. The topological polar surface area (TPSA) is 87.7 Å². The molecular weight excluding hydrogens is 274 g/mol. The molecule has 1 atom stereocenters. The number of nitrogens with one attached hydrogen (secondary N) is 1. The van der Waals surface area contributed by atoms with Gasteiger partial charge in [0.25, 0.3) is 0 Å². The molecule has 1 unspecified atom stereocenters. The highest BCUT2D eigenvalue weighted by molar-refractivity contribution is 7.09. The van der Waals surface area contributed by atoms with Gasteiger partial charge < -0.3 is 16.3 Å². The average Bonchev–Trinajstić information content (AvgIpc) is 2.92. The van der Waals surface area contributed by atoms with E-state index in [4.69, 9.17) is 10.9 Å². The number of nitrogens with two attached hydrogens (primary N) is 1. The van der Waals surface area contributed by atoms with Gasteiger partial charge in [0.1, 0.15) is 5.41 Å². The summed E-state index contributed by atoms with van der Waals surface area (Å²) in [5.41, 5.74) is 4.80. The first-order chi connectivity index (χ1) is 9.50. The maximum absolute atomic E-state index is 12.5. The van der Waals surface area contributed by atoms with E-state index in [1.807, 2.05) is 38.3 Å². The molecule has 5 nitrogen and oxygen atoms in total. The molecule has 0 bridgehead atoms. The summed E-state index contributed by atoms with van der Waals surface area (Å²) in [7, 11) is 0. The van der Waals surface area contributed by atoms with Gasteiger partial charge in [0.15, 0.2) is 5.84 Å². The van der Waals surface area contributed by atoms with Gasteiger partial charge >= 0.3 is 0 Å². The van der Waals surface area contributed by atoms with Gasteiger partial charge in [0.05, 0.1) is 0 Å². The summed E-state index contributed by atoms with van der Waals surface area (Å²) in [6.45, 7) is 5.69. The summed E-state index contributed by atoms with van der Waals surface area (Å²) in [5.74, 6) is -0.204. The summed E-state index contributed by atoms with van der Waals surface area (Å²) in [4.78, 5) is 13.7. The van der Waals surface area contributed by atoms with Gasteiger partial charge in [-0.25, -0.2) is 0 Å².